The number of aromatic nitrogens is 4. The summed E-state index contributed by atoms with van der Waals surface area (Å²) in [7, 11) is 0. The Bertz CT molecular complexity index is 570. The minimum Gasteiger partial charge on any atom is -0.337 e. The van der Waals surface area contributed by atoms with Crippen LogP contribution in [0.3, 0.4) is 0 Å². The van der Waals surface area contributed by atoms with Crippen LogP contribution in [0.5, 0.6) is 0 Å². The van der Waals surface area contributed by atoms with E-state index in [0.29, 0.717) is 12.4 Å². The van der Waals surface area contributed by atoms with Crippen molar-refractivity contribution < 1.29 is 4.52 Å². The lowest BCUT2D eigenvalue weighted by Gasteiger charge is -2.03. The number of nitrogens with zero attached hydrogens (tertiary/aromatic N) is 4. The highest BCUT2D eigenvalue weighted by atomic mass is 16.5. The first-order valence-electron chi connectivity index (χ1n) is 7.09. The Labute approximate surface area is 119 Å². The molecule has 2 aromatic heterocycles. The number of nitrogens with one attached hydrogen (secondary N) is 1. The van der Waals surface area contributed by atoms with Gasteiger partial charge in [-0.3, -0.25) is 4.68 Å². The van der Waals surface area contributed by atoms with E-state index in [0.717, 1.165) is 30.3 Å². The van der Waals surface area contributed by atoms with Crippen LogP contribution in [-0.4, -0.2) is 26.5 Å². The summed E-state index contributed by atoms with van der Waals surface area (Å²) in [5, 5.41) is 11.9. The van der Waals surface area contributed by atoms with Crippen molar-refractivity contribution in [2.75, 3.05) is 6.54 Å². The molecule has 6 nitrogen and oxygen atoms in total. The molecule has 0 aliphatic carbocycles. The molecule has 0 atom stereocenters. The Balaban J connectivity index is 2.16. The molecule has 0 aromatic carbocycles. The van der Waals surface area contributed by atoms with Crippen molar-refractivity contribution in [3.8, 4) is 0 Å². The van der Waals surface area contributed by atoms with Crippen molar-refractivity contribution in [3.05, 3.63) is 28.7 Å². The predicted molar refractivity (Wildman–Crippen MR) is 76.6 cm³/mol. The highest BCUT2D eigenvalue weighted by Gasteiger charge is 2.15. The number of hydrogen-bond donors (Lipinski definition) is 1. The van der Waals surface area contributed by atoms with Crippen LogP contribution in [0.4, 0.5) is 0 Å². The Morgan fingerprint density at radius 2 is 2.05 bits per heavy atom. The van der Waals surface area contributed by atoms with Gasteiger partial charge < -0.3 is 9.84 Å². The van der Waals surface area contributed by atoms with Gasteiger partial charge >= 0.3 is 0 Å². The predicted octanol–water partition coefficient (Wildman–Crippen LogP) is 2.16. The van der Waals surface area contributed by atoms with Crippen LogP contribution in [0.1, 0.15) is 55.4 Å². The van der Waals surface area contributed by atoms with Gasteiger partial charge in [0.1, 0.15) is 6.54 Å². The summed E-state index contributed by atoms with van der Waals surface area (Å²) in [4.78, 5) is 4.39. The number of hydrogen-bond acceptors (Lipinski definition) is 5. The molecule has 20 heavy (non-hydrogen) atoms. The first kappa shape index (κ1) is 14.7. The van der Waals surface area contributed by atoms with Crippen molar-refractivity contribution in [2.45, 2.75) is 53.6 Å². The summed E-state index contributed by atoms with van der Waals surface area (Å²) in [6, 6.07) is 0. The second-order valence-corrected chi connectivity index (χ2v) is 5.29. The smallest absolute Gasteiger partial charge is 0.248 e. The quantitative estimate of drug-likeness (QED) is 0.876. The van der Waals surface area contributed by atoms with E-state index >= 15 is 0 Å². The van der Waals surface area contributed by atoms with Crippen LogP contribution in [0.2, 0.25) is 0 Å². The molecule has 0 saturated carbocycles. The third kappa shape index (κ3) is 3.07. The third-order valence-corrected chi connectivity index (χ3v) is 3.37. The van der Waals surface area contributed by atoms with Crippen molar-refractivity contribution >= 4 is 0 Å². The molecule has 0 bridgehead atoms. The molecule has 0 unspecified atom stereocenters. The molecular weight excluding hydrogens is 254 g/mol. The molecule has 0 aliphatic heterocycles. The Kier molecular flexibility index (Phi) is 4.54. The van der Waals surface area contributed by atoms with E-state index in [1.807, 2.05) is 25.5 Å². The Hall–Kier alpha value is -1.69. The topological polar surface area (TPSA) is 68.8 Å². The monoisotopic (exact) mass is 277 g/mol. The molecule has 2 heterocycles. The molecule has 0 fully saturated rings. The van der Waals surface area contributed by atoms with Gasteiger partial charge in [0.15, 0.2) is 5.82 Å². The fourth-order valence-electron chi connectivity index (χ4n) is 2.09. The molecule has 6 heteroatoms. The molecule has 0 saturated heterocycles. The molecule has 0 aliphatic rings. The zero-order chi connectivity index (χ0) is 14.7. The highest BCUT2D eigenvalue weighted by Crippen LogP contribution is 2.15. The largest absolute Gasteiger partial charge is 0.337 e. The van der Waals surface area contributed by atoms with Gasteiger partial charge in [0.25, 0.3) is 0 Å². The van der Waals surface area contributed by atoms with E-state index in [2.05, 4.69) is 34.4 Å². The molecule has 2 aromatic rings. The van der Waals surface area contributed by atoms with Gasteiger partial charge in [-0.25, -0.2) is 0 Å². The average molecular weight is 277 g/mol. The van der Waals surface area contributed by atoms with E-state index in [1.54, 1.807) is 0 Å². The fourth-order valence-corrected chi connectivity index (χ4v) is 2.09. The van der Waals surface area contributed by atoms with Crippen LogP contribution < -0.4 is 5.32 Å². The summed E-state index contributed by atoms with van der Waals surface area (Å²) < 4.78 is 7.21. The highest BCUT2D eigenvalue weighted by molar-refractivity contribution is 5.24. The minimum atomic E-state index is 0.275. The van der Waals surface area contributed by atoms with Crippen LogP contribution in [0.25, 0.3) is 0 Å². The lowest BCUT2D eigenvalue weighted by molar-refractivity contribution is 0.358. The summed E-state index contributed by atoms with van der Waals surface area (Å²) in [5.74, 6) is 1.63. The van der Waals surface area contributed by atoms with E-state index in [9.17, 15) is 0 Å². The second-order valence-electron chi connectivity index (χ2n) is 5.29. The van der Waals surface area contributed by atoms with E-state index in [-0.39, 0.29) is 5.92 Å². The number of rotatable bonds is 6. The van der Waals surface area contributed by atoms with E-state index in [1.165, 1.54) is 5.56 Å². The van der Waals surface area contributed by atoms with Crippen molar-refractivity contribution in [2.24, 2.45) is 0 Å². The maximum atomic E-state index is 5.28. The van der Waals surface area contributed by atoms with Crippen LogP contribution in [0, 0.1) is 13.8 Å². The lowest BCUT2D eigenvalue weighted by atomic mass is 10.2. The normalized spacial score (nSPS) is 11.5. The molecule has 0 radical (unpaired) electrons. The average Bonchev–Trinajstić information content (AvgIpc) is 2.95. The molecule has 1 N–H and O–H groups in total. The van der Waals surface area contributed by atoms with Crippen molar-refractivity contribution in [1.82, 2.24) is 25.2 Å². The molecule has 0 spiro atoms. The maximum absolute atomic E-state index is 5.28. The molecule has 0 amide bonds. The number of aryl methyl sites for hydroxylation is 1. The molecule has 110 valence electrons. The third-order valence-electron chi connectivity index (χ3n) is 3.37. The zero-order valence-electron chi connectivity index (χ0n) is 12.9. The van der Waals surface area contributed by atoms with Gasteiger partial charge in [0.05, 0.1) is 5.69 Å². The molecular formula is C14H23N5O. The lowest BCUT2D eigenvalue weighted by Crippen LogP contribution is -2.13. The SMILES string of the molecule is CCNCc1c(C)nn(Cc2nc(C(C)C)no2)c1C. The summed E-state index contributed by atoms with van der Waals surface area (Å²) in [6.07, 6.45) is 0. The van der Waals surface area contributed by atoms with Gasteiger partial charge in [-0.1, -0.05) is 25.9 Å². The first-order valence-corrected chi connectivity index (χ1v) is 7.09. The van der Waals surface area contributed by atoms with Crippen molar-refractivity contribution in [1.29, 1.82) is 0 Å². The summed E-state index contributed by atoms with van der Waals surface area (Å²) in [5.41, 5.74) is 3.44. The standard InChI is InChI=1S/C14H23N5O/c1-6-15-7-12-10(4)17-19(11(12)5)8-13-16-14(9(2)3)18-20-13/h9,15H,6-8H2,1-5H3. The van der Waals surface area contributed by atoms with Gasteiger partial charge in [-0.2, -0.15) is 10.1 Å². The summed E-state index contributed by atoms with van der Waals surface area (Å²) in [6.45, 7) is 12.6. The van der Waals surface area contributed by atoms with Crippen LogP contribution >= 0.6 is 0 Å². The second kappa shape index (κ2) is 6.17. The van der Waals surface area contributed by atoms with Crippen LogP contribution in [0.15, 0.2) is 4.52 Å². The Morgan fingerprint density at radius 3 is 2.65 bits per heavy atom. The minimum absolute atomic E-state index is 0.275. The molecule has 2 rings (SSSR count). The Morgan fingerprint density at radius 1 is 1.30 bits per heavy atom. The first-order chi connectivity index (χ1) is 9.52. The zero-order valence-corrected chi connectivity index (χ0v) is 12.9. The summed E-state index contributed by atoms with van der Waals surface area (Å²) >= 11 is 0. The van der Waals surface area contributed by atoms with Gasteiger partial charge in [0.2, 0.25) is 5.89 Å². The van der Waals surface area contributed by atoms with Crippen molar-refractivity contribution in [3.63, 3.8) is 0 Å². The van der Waals surface area contributed by atoms with Crippen LogP contribution in [-0.2, 0) is 13.1 Å². The van der Waals surface area contributed by atoms with Gasteiger partial charge in [0, 0.05) is 23.7 Å². The van der Waals surface area contributed by atoms with Gasteiger partial charge in [-0.05, 0) is 20.4 Å². The van der Waals surface area contributed by atoms with E-state index < -0.39 is 0 Å². The maximum Gasteiger partial charge on any atom is 0.248 e. The van der Waals surface area contributed by atoms with E-state index in [4.69, 9.17) is 4.52 Å². The van der Waals surface area contributed by atoms with Gasteiger partial charge in [-0.15, -0.1) is 0 Å². The fraction of sp³-hybridized carbons (Fsp3) is 0.643.